The topological polar surface area (TPSA) is 68.8 Å². The van der Waals surface area contributed by atoms with Crippen LogP contribution in [0.25, 0.3) is 0 Å². The minimum Gasteiger partial charge on any atom is -0.490 e. The first-order valence-corrected chi connectivity index (χ1v) is 8.27. The minimum atomic E-state index is -0.459. The maximum absolute atomic E-state index is 12.2. The van der Waals surface area contributed by atoms with E-state index < -0.39 is 6.10 Å². The molecule has 0 radical (unpaired) electrons. The molecule has 0 spiro atoms. The number of amides is 1. The second-order valence-electron chi connectivity index (χ2n) is 5.41. The zero-order valence-electron chi connectivity index (χ0n) is 13.9. The number of nitrogens with one attached hydrogen (secondary N) is 2. The molecule has 2 rings (SSSR count). The van der Waals surface area contributed by atoms with Crippen molar-refractivity contribution in [3.8, 4) is 11.5 Å². The van der Waals surface area contributed by atoms with Gasteiger partial charge in [0.2, 0.25) is 0 Å². The Kier molecular flexibility index (Phi) is 7.16. The van der Waals surface area contributed by atoms with Crippen molar-refractivity contribution in [2.75, 3.05) is 38.2 Å². The monoisotopic (exact) mass is 322 g/mol. The summed E-state index contributed by atoms with van der Waals surface area (Å²) < 4.78 is 16.9. The fraction of sp³-hybridized carbons (Fsp3) is 0.588. The number of rotatable bonds is 8. The number of ether oxygens (including phenoxy) is 3. The Bertz CT molecular complexity index is 501. The van der Waals surface area contributed by atoms with E-state index in [0.717, 1.165) is 19.4 Å². The summed E-state index contributed by atoms with van der Waals surface area (Å²) in [6.45, 7) is 7.20. The van der Waals surface area contributed by atoms with Crippen molar-refractivity contribution in [1.29, 1.82) is 0 Å². The molecule has 1 heterocycles. The van der Waals surface area contributed by atoms with Crippen LogP contribution < -0.4 is 20.1 Å². The van der Waals surface area contributed by atoms with Gasteiger partial charge in [-0.25, -0.2) is 0 Å². The Morgan fingerprint density at radius 3 is 2.65 bits per heavy atom. The molecule has 128 valence electrons. The number of hydrogen-bond donors (Lipinski definition) is 2. The van der Waals surface area contributed by atoms with Crippen molar-refractivity contribution < 1.29 is 19.0 Å². The largest absolute Gasteiger partial charge is 0.490 e. The molecule has 1 aromatic rings. The van der Waals surface area contributed by atoms with Gasteiger partial charge < -0.3 is 24.8 Å². The Labute approximate surface area is 137 Å². The fourth-order valence-electron chi connectivity index (χ4n) is 2.20. The van der Waals surface area contributed by atoms with Crippen molar-refractivity contribution in [2.24, 2.45) is 0 Å². The molecule has 1 aliphatic heterocycles. The SMILES string of the molecule is CCCOc1ccc(NC(=O)C2CNCCO2)cc1OCCC. The normalized spacial score (nSPS) is 17.6. The average molecular weight is 322 g/mol. The zero-order valence-corrected chi connectivity index (χ0v) is 13.9. The predicted molar refractivity (Wildman–Crippen MR) is 89.3 cm³/mol. The summed E-state index contributed by atoms with van der Waals surface area (Å²) in [5.41, 5.74) is 0.680. The molecular weight excluding hydrogens is 296 g/mol. The highest BCUT2D eigenvalue weighted by molar-refractivity contribution is 5.94. The summed E-state index contributed by atoms with van der Waals surface area (Å²) in [5, 5.41) is 6.01. The number of morpholine rings is 1. The molecule has 2 N–H and O–H groups in total. The van der Waals surface area contributed by atoms with Crippen molar-refractivity contribution >= 4 is 11.6 Å². The van der Waals surface area contributed by atoms with Gasteiger partial charge in [-0.1, -0.05) is 13.8 Å². The molecule has 6 nitrogen and oxygen atoms in total. The molecule has 1 atom stereocenters. The van der Waals surface area contributed by atoms with Crippen LogP contribution in [-0.2, 0) is 9.53 Å². The lowest BCUT2D eigenvalue weighted by Gasteiger charge is -2.23. The van der Waals surface area contributed by atoms with Gasteiger partial charge in [-0.2, -0.15) is 0 Å². The van der Waals surface area contributed by atoms with Crippen LogP contribution in [0.2, 0.25) is 0 Å². The first kappa shape index (κ1) is 17.6. The van der Waals surface area contributed by atoms with Crippen LogP contribution >= 0.6 is 0 Å². The van der Waals surface area contributed by atoms with Gasteiger partial charge >= 0.3 is 0 Å². The van der Waals surface area contributed by atoms with Gasteiger partial charge in [0.05, 0.1) is 19.8 Å². The van der Waals surface area contributed by atoms with E-state index in [9.17, 15) is 4.79 Å². The molecule has 0 aromatic heterocycles. The van der Waals surface area contributed by atoms with Gasteiger partial charge in [0.1, 0.15) is 6.10 Å². The van der Waals surface area contributed by atoms with Gasteiger partial charge in [-0.15, -0.1) is 0 Å². The van der Waals surface area contributed by atoms with Crippen LogP contribution in [0.3, 0.4) is 0 Å². The van der Waals surface area contributed by atoms with Gasteiger partial charge in [0.15, 0.2) is 11.5 Å². The van der Waals surface area contributed by atoms with Gasteiger partial charge in [0, 0.05) is 24.8 Å². The molecule has 1 fully saturated rings. The third kappa shape index (κ3) is 5.41. The Hall–Kier alpha value is -1.79. The molecule has 1 unspecified atom stereocenters. The summed E-state index contributed by atoms with van der Waals surface area (Å²) in [5.74, 6) is 1.20. The Morgan fingerprint density at radius 2 is 2.00 bits per heavy atom. The second-order valence-corrected chi connectivity index (χ2v) is 5.41. The van der Waals surface area contributed by atoms with Crippen LogP contribution in [-0.4, -0.2) is 44.9 Å². The van der Waals surface area contributed by atoms with E-state index >= 15 is 0 Å². The third-order valence-corrected chi connectivity index (χ3v) is 3.35. The van der Waals surface area contributed by atoms with Crippen LogP contribution in [0, 0.1) is 0 Å². The van der Waals surface area contributed by atoms with E-state index in [1.54, 1.807) is 6.07 Å². The molecule has 0 aliphatic carbocycles. The minimum absolute atomic E-state index is 0.152. The lowest BCUT2D eigenvalue weighted by atomic mass is 10.2. The van der Waals surface area contributed by atoms with Gasteiger partial charge in [-0.3, -0.25) is 4.79 Å². The number of benzene rings is 1. The van der Waals surface area contributed by atoms with E-state index in [2.05, 4.69) is 17.6 Å². The predicted octanol–water partition coefficient (Wildman–Crippen LogP) is 2.19. The summed E-state index contributed by atoms with van der Waals surface area (Å²) >= 11 is 0. The molecule has 6 heteroatoms. The Morgan fingerprint density at radius 1 is 1.26 bits per heavy atom. The summed E-state index contributed by atoms with van der Waals surface area (Å²) in [4.78, 5) is 12.2. The van der Waals surface area contributed by atoms with Gasteiger partial charge in [0.25, 0.3) is 5.91 Å². The molecule has 23 heavy (non-hydrogen) atoms. The van der Waals surface area contributed by atoms with Crippen molar-refractivity contribution in [3.05, 3.63) is 18.2 Å². The number of hydrogen-bond acceptors (Lipinski definition) is 5. The first-order valence-electron chi connectivity index (χ1n) is 8.27. The molecule has 1 amide bonds. The van der Waals surface area contributed by atoms with E-state index in [0.29, 0.717) is 43.6 Å². The molecule has 0 bridgehead atoms. The van der Waals surface area contributed by atoms with E-state index in [-0.39, 0.29) is 5.91 Å². The maximum Gasteiger partial charge on any atom is 0.254 e. The highest BCUT2D eigenvalue weighted by Crippen LogP contribution is 2.31. The highest BCUT2D eigenvalue weighted by atomic mass is 16.5. The van der Waals surface area contributed by atoms with E-state index in [1.165, 1.54) is 0 Å². The Balaban J connectivity index is 2.04. The zero-order chi connectivity index (χ0) is 16.5. The average Bonchev–Trinajstić information content (AvgIpc) is 2.59. The maximum atomic E-state index is 12.2. The van der Waals surface area contributed by atoms with E-state index in [4.69, 9.17) is 14.2 Å². The van der Waals surface area contributed by atoms with Crippen LogP contribution in [0.1, 0.15) is 26.7 Å². The number of anilines is 1. The lowest BCUT2D eigenvalue weighted by Crippen LogP contribution is -2.45. The van der Waals surface area contributed by atoms with Crippen molar-refractivity contribution in [3.63, 3.8) is 0 Å². The van der Waals surface area contributed by atoms with Crippen LogP contribution in [0.4, 0.5) is 5.69 Å². The van der Waals surface area contributed by atoms with Crippen molar-refractivity contribution in [2.45, 2.75) is 32.8 Å². The van der Waals surface area contributed by atoms with Crippen molar-refractivity contribution in [1.82, 2.24) is 5.32 Å². The first-order chi connectivity index (χ1) is 11.2. The van der Waals surface area contributed by atoms with Crippen LogP contribution in [0.15, 0.2) is 18.2 Å². The van der Waals surface area contributed by atoms with E-state index in [1.807, 2.05) is 19.1 Å². The van der Waals surface area contributed by atoms with Crippen LogP contribution in [0.5, 0.6) is 11.5 Å². The number of carbonyl (C=O) groups excluding carboxylic acids is 1. The summed E-state index contributed by atoms with van der Waals surface area (Å²) in [6.07, 6.45) is 1.38. The lowest BCUT2D eigenvalue weighted by molar-refractivity contribution is -0.128. The standard InChI is InChI=1S/C17H26N2O4/c1-3-8-21-14-6-5-13(11-15(14)22-9-4-2)19-17(20)16-12-18-7-10-23-16/h5-6,11,16,18H,3-4,7-10,12H2,1-2H3,(H,19,20). The molecule has 1 aromatic carbocycles. The molecule has 1 aliphatic rings. The quantitative estimate of drug-likeness (QED) is 0.768. The summed E-state index contributed by atoms with van der Waals surface area (Å²) in [7, 11) is 0. The molecule has 1 saturated heterocycles. The fourth-order valence-corrected chi connectivity index (χ4v) is 2.20. The third-order valence-electron chi connectivity index (χ3n) is 3.35. The smallest absolute Gasteiger partial charge is 0.254 e. The second kappa shape index (κ2) is 9.37. The highest BCUT2D eigenvalue weighted by Gasteiger charge is 2.22. The summed E-state index contributed by atoms with van der Waals surface area (Å²) in [6, 6.07) is 5.45. The van der Waals surface area contributed by atoms with Gasteiger partial charge in [-0.05, 0) is 25.0 Å². The number of carbonyl (C=O) groups is 1. The molecule has 0 saturated carbocycles. The molecular formula is C17H26N2O4.